The minimum Gasteiger partial charge on any atom is -0.497 e. The molecule has 1 N–H and O–H groups in total. The van der Waals surface area contributed by atoms with Crippen LogP contribution in [0.5, 0.6) is 11.5 Å². The molecule has 4 heteroatoms. The predicted octanol–water partition coefficient (Wildman–Crippen LogP) is 4.27. The molecule has 1 fully saturated rings. The number of nitrogens with zero attached hydrogens (tertiary/aromatic N) is 1. The summed E-state index contributed by atoms with van der Waals surface area (Å²) >= 11 is 0. The fraction of sp³-hybridized carbons (Fsp3) is 0.280. The Morgan fingerprint density at radius 1 is 0.828 bits per heavy atom. The summed E-state index contributed by atoms with van der Waals surface area (Å²) in [4.78, 5) is 2.54. The summed E-state index contributed by atoms with van der Waals surface area (Å²) in [5.41, 5.74) is 3.70. The molecule has 1 unspecified atom stereocenters. The summed E-state index contributed by atoms with van der Waals surface area (Å²) in [5.74, 6) is 1.78. The van der Waals surface area contributed by atoms with Gasteiger partial charge in [-0.1, -0.05) is 54.6 Å². The molecule has 29 heavy (non-hydrogen) atoms. The topological polar surface area (TPSA) is 33.7 Å². The minimum absolute atomic E-state index is 0.197. The second-order valence-corrected chi connectivity index (χ2v) is 7.31. The van der Waals surface area contributed by atoms with Gasteiger partial charge in [0.2, 0.25) is 0 Å². The van der Waals surface area contributed by atoms with Crippen molar-refractivity contribution in [1.29, 1.82) is 0 Å². The predicted molar refractivity (Wildman–Crippen MR) is 116 cm³/mol. The first-order valence-electron chi connectivity index (χ1n) is 10.2. The van der Waals surface area contributed by atoms with Crippen LogP contribution in [-0.2, 0) is 6.61 Å². The number of piperazine rings is 1. The third kappa shape index (κ3) is 4.97. The van der Waals surface area contributed by atoms with Crippen molar-refractivity contribution >= 4 is 0 Å². The van der Waals surface area contributed by atoms with Crippen LogP contribution in [0.3, 0.4) is 0 Å². The summed E-state index contributed by atoms with van der Waals surface area (Å²) in [7, 11) is 1.70. The first-order chi connectivity index (χ1) is 14.3. The highest BCUT2D eigenvalue weighted by atomic mass is 16.5. The van der Waals surface area contributed by atoms with Gasteiger partial charge in [0.15, 0.2) is 0 Å². The van der Waals surface area contributed by atoms with Crippen molar-refractivity contribution in [2.45, 2.75) is 12.6 Å². The van der Waals surface area contributed by atoms with Crippen LogP contribution in [0.1, 0.15) is 22.7 Å². The molecule has 0 amide bonds. The maximum Gasteiger partial charge on any atom is 0.120 e. The van der Waals surface area contributed by atoms with Gasteiger partial charge in [-0.15, -0.1) is 0 Å². The van der Waals surface area contributed by atoms with Gasteiger partial charge in [-0.25, -0.2) is 0 Å². The van der Waals surface area contributed by atoms with Crippen LogP contribution >= 0.6 is 0 Å². The molecule has 0 spiro atoms. The van der Waals surface area contributed by atoms with E-state index >= 15 is 0 Å². The van der Waals surface area contributed by atoms with Crippen molar-refractivity contribution < 1.29 is 9.47 Å². The van der Waals surface area contributed by atoms with Crippen LogP contribution < -0.4 is 14.8 Å². The van der Waals surface area contributed by atoms with Crippen molar-refractivity contribution in [2.75, 3.05) is 33.3 Å². The maximum atomic E-state index is 6.09. The van der Waals surface area contributed by atoms with Gasteiger partial charge in [-0.2, -0.15) is 0 Å². The zero-order valence-corrected chi connectivity index (χ0v) is 16.9. The van der Waals surface area contributed by atoms with Gasteiger partial charge in [0.05, 0.1) is 13.2 Å². The smallest absolute Gasteiger partial charge is 0.120 e. The number of rotatable bonds is 7. The third-order valence-corrected chi connectivity index (χ3v) is 5.37. The fourth-order valence-electron chi connectivity index (χ4n) is 3.86. The Morgan fingerprint density at radius 3 is 2.31 bits per heavy atom. The molecule has 1 heterocycles. The average molecular weight is 389 g/mol. The molecule has 1 aliphatic heterocycles. The second-order valence-electron chi connectivity index (χ2n) is 7.31. The SMILES string of the molecule is COc1ccc(C(c2cccc(OCc3ccccc3)c2)N2CCNCC2)cc1. The number of hydrogen-bond acceptors (Lipinski definition) is 4. The Morgan fingerprint density at radius 2 is 1.59 bits per heavy atom. The lowest BCUT2D eigenvalue weighted by Gasteiger charge is -2.35. The molecule has 0 aliphatic carbocycles. The molecule has 1 saturated heterocycles. The summed E-state index contributed by atoms with van der Waals surface area (Å²) in [6.07, 6.45) is 0. The van der Waals surface area contributed by atoms with E-state index in [4.69, 9.17) is 9.47 Å². The molecule has 1 aliphatic rings. The Labute approximate surface area is 173 Å². The van der Waals surface area contributed by atoms with E-state index in [1.807, 2.05) is 36.4 Å². The standard InChI is InChI=1S/C25H28N2O2/c1-28-23-12-10-21(11-13-23)25(27-16-14-26-15-17-27)22-8-5-9-24(18-22)29-19-20-6-3-2-4-7-20/h2-13,18,25-26H,14-17,19H2,1H3. The van der Waals surface area contributed by atoms with E-state index in [2.05, 4.69) is 52.7 Å². The summed E-state index contributed by atoms with van der Waals surface area (Å²) in [6, 6.07) is 27.4. The highest BCUT2D eigenvalue weighted by Crippen LogP contribution is 2.32. The van der Waals surface area contributed by atoms with E-state index in [0.717, 1.165) is 37.7 Å². The third-order valence-electron chi connectivity index (χ3n) is 5.37. The molecule has 3 aromatic rings. The highest BCUT2D eigenvalue weighted by molar-refractivity contribution is 5.39. The van der Waals surface area contributed by atoms with Crippen molar-refractivity contribution in [3.05, 3.63) is 95.6 Å². The lowest BCUT2D eigenvalue weighted by atomic mass is 9.96. The molecule has 1 atom stereocenters. The monoisotopic (exact) mass is 388 g/mol. The van der Waals surface area contributed by atoms with Crippen LogP contribution in [0, 0.1) is 0 Å². The zero-order chi connectivity index (χ0) is 19.9. The molecule has 150 valence electrons. The van der Waals surface area contributed by atoms with Crippen molar-refractivity contribution in [2.24, 2.45) is 0 Å². The largest absolute Gasteiger partial charge is 0.497 e. The quantitative estimate of drug-likeness (QED) is 0.655. The molecular weight excluding hydrogens is 360 g/mol. The normalized spacial score (nSPS) is 15.6. The van der Waals surface area contributed by atoms with Crippen LogP contribution in [0.25, 0.3) is 0 Å². The molecule has 4 rings (SSSR count). The minimum atomic E-state index is 0.197. The maximum absolute atomic E-state index is 6.09. The van der Waals surface area contributed by atoms with Crippen LogP contribution in [0.15, 0.2) is 78.9 Å². The molecular formula is C25H28N2O2. The number of ether oxygens (including phenoxy) is 2. The number of methoxy groups -OCH3 is 1. The van der Waals surface area contributed by atoms with E-state index in [1.54, 1.807) is 7.11 Å². The fourth-order valence-corrected chi connectivity index (χ4v) is 3.86. The van der Waals surface area contributed by atoms with Gasteiger partial charge in [-0.3, -0.25) is 4.90 Å². The molecule has 4 nitrogen and oxygen atoms in total. The number of hydrogen-bond donors (Lipinski definition) is 1. The molecule has 3 aromatic carbocycles. The van der Waals surface area contributed by atoms with Crippen LogP contribution in [-0.4, -0.2) is 38.2 Å². The van der Waals surface area contributed by atoms with Gasteiger partial charge in [-0.05, 0) is 41.0 Å². The average Bonchev–Trinajstić information content (AvgIpc) is 2.80. The van der Waals surface area contributed by atoms with Gasteiger partial charge in [0.25, 0.3) is 0 Å². The molecule has 0 saturated carbocycles. The Bertz CT molecular complexity index is 890. The lowest BCUT2D eigenvalue weighted by Crippen LogP contribution is -2.45. The van der Waals surface area contributed by atoms with Gasteiger partial charge in [0.1, 0.15) is 18.1 Å². The van der Waals surface area contributed by atoms with Crippen LogP contribution in [0.2, 0.25) is 0 Å². The summed E-state index contributed by atoms with van der Waals surface area (Å²) in [5, 5.41) is 3.45. The van der Waals surface area contributed by atoms with Crippen molar-refractivity contribution in [3.63, 3.8) is 0 Å². The number of nitrogens with one attached hydrogen (secondary N) is 1. The molecule has 0 radical (unpaired) electrons. The Kier molecular flexibility index (Phi) is 6.45. The van der Waals surface area contributed by atoms with E-state index in [-0.39, 0.29) is 6.04 Å². The summed E-state index contributed by atoms with van der Waals surface area (Å²) in [6.45, 7) is 4.64. The van der Waals surface area contributed by atoms with E-state index < -0.39 is 0 Å². The Hall–Kier alpha value is -2.82. The van der Waals surface area contributed by atoms with Crippen LogP contribution in [0.4, 0.5) is 0 Å². The highest BCUT2D eigenvalue weighted by Gasteiger charge is 2.24. The summed E-state index contributed by atoms with van der Waals surface area (Å²) < 4.78 is 11.4. The zero-order valence-electron chi connectivity index (χ0n) is 16.9. The van der Waals surface area contributed by atoms with Gasteiger partial charge < -0.3 is 14.8 Å². The van der Waals surface area contributed by atoms with E-state index in [9.17, 15) is 0 Å². The van der Waals surface area contributed by atoms with E-state index in [1.165, 1.54) is 16.7 Å². The lowest BCUT2D eigenvalue weighted by molar-refractivity contribution is 0.198. The second kappa shape index (κ2) is 9.59. The first kappa shape index (κ1) is 19.5. The van der Waals surface area contributed by atoms with Crippen molar-refractivity contribution in [1.82, 2.24) is 10.2 Å². The molecule has 0 aromatic heterocycles. The number of benzene rings is 3. The molecule has 0 bridgehead atoms. The van der Waals surface area contributed by atoms with Crippen molar-refractivity contribution in [3.8, 4) is 11.5 Å². The first-order valence-corrected chi connectivity index (χ1v) is 10.2. The van der Waals surface area contributed by atoms with E-state index in [0.29, 0.717) is 6.61 Å². The van der Waals surface area contributed by atoms with Gasteiger partial charge >= 0.3 is 0 Å². The Balaban J connectivity index is 1.59. The van der Waals surface area contributed by atoms with Gasteiger partial charge in [0, 0.05) is 26.2 Å².